The maximum atomic E-state index is 13.6. The third kappa shape index (κ3) is 4.03. The molecular weight excluding hydrogens is 401 g/mol. The zero-order valence-electron chi connectivity index (χ0n) is 16.5. The standard InChI is InChI=1S/C23H20FN3O2S/c1-15-11-16(13-18(24)12-15)7-10-23-26-20-9-8-17(14-21(20)27-23)19-5-3-4-6-22(19)30(28,29)25-2/h3-14,25H,1-2H3,(H,26,27)/b10-7+. The van der Waals surface area contributed by atoms with E-state index in [9.17, 15) is 12.8 Å². The van der Waals surface area contributed by atoms with E-state index in [0.29, 0.717) is 11.4 Å². The molecule has 0 saturated carbocycles. The van der Waals surface area contributed by atoms with Gasteiger partial charge >= 0.3 is 0 Å². The van der Waals surface area contributed by atoms with Crippen LogP contribution in [0.2, 0.25) is 0 Å². The number of fused-ring (bicyclic) bond motifs is 1. The number of imidazole rings is 1. The summed E-state index contributed by atoms with van der Waals surface area (Å²) in [6.07, 6.45) is 3.58. The van der Waals surface area contributed by atoms with Gasteiger partial charge in [-0.2, -0.15) is 0 Å². The van der Waals surface area contributed by atoms with Crippen LogP contribution in [-0.2, 0) is 10.0 Å². The van der Waals surface area contributed by atoms with Crippen LogP contribution >= 0.6 is 0 Å². The molecule has 152 valence electrons. The Hall–Kier alpha value is -3.29. The fourth-order valence-electron chi connectivity index (χ4n) is 3.36. The Morgan fingerprint density at radius 1 is 1.03 bits per heavy atom. The third-order valence-corrected chi connectivity index (χ3v) is 6.23. The predicted molar refractivity (Wildman–Crippen MR) is 118 cm³/mol. The summed E-state index contributed by atoms with van der Waals surface area (Å²) in [7, 11) is -2.20. The van der Waals surface area contributed by atoms with Crippen molar-refractivity contribution in [3.8, 4) is 11.1 Å². The summed E-state index contributed by atoms with van der Waals surface area (Å²) in [5.41, 5.74) is 4.49. The van der Waals surface area contributed by atoms with E-state index in [1.54, 1.807) is 36.4 Å². The van der Waals surface area contributed by atoms with E-state index < -0.39 is 10.0 Å². The topological polar surface area (TPSA) is 74.8 Å². The molecule has 0 spiro atoms. The van der Waals surface area contributed by atoms with Crippen molar-refractivity contribution in [2.24, 2.45) is 0 Å². The average molecular weight is 421 g/mol. The predicted octanol–water partition coefficient (Wildman–Crippen LogP) is 4.76. The van der Waals surface area contributed by atoms with Crippen molar-refractivity contribution >= 4 is 33.2 Å². The van der Waals surface area contributed by atoms with Crippen molar-refractivity contribution in [1.82, 2.24) is 14.7 Å². The molecule has 2 N–H and O–H groups in total. The van der Waals surface area contributed by atoms with Gasteiger partial charge in [-0.25, -0.2) is 22.5 Å². The van der Waals surface area contributed by atoms with Crippen LogP contribution in [0.4, 0.5) is 4.39 Å². The van der Waals surface area contributed by atoms with Crippen LogP contribution in [0.5, 0.6) is 0 Å². The molecule has 0 fully saturated rings. The third-order valence-electron chi connectivity index (χ3n) is 4.75. The lowest BCUT2D eigenvalue weighted by Crippen LogP contribution is -2.19. The molecule has 1 heterocycles. The molecule has 1 aromatic heterocycles. The van der Waals surface area contributed by atoms with Gasteiger partial charge in [-0.1, -0.05) is 36.4 Å². The number of nitrogens with one attached hydrogen (secondary N) is 2. The van der Waals surface area contributed by atoms with E-state index in [2.05, 4.69) is 14.7 Å². The number of hydrogen-bond acceptors (Lipinski definition) is 3. The summed E-state index contributed by atoms with van der Waals surface area (Å²) in [5.74, 6) is 0.347. The largest absolute Gasteiger partial charge is 0.338 e. The first-order valence-corrected chi connectivity index (χ1v) is 10.8. The van der Waals surface area contributed by atoms with Gasteiger partial charge < -0.3 is 4.98 Å². The van der Waals surface area contributed by atoms with E-state index in [1.807, 2.05) is 31.2 Å². The summed E-state index contributed by atoms with van der Waals surface area (Å²) in [5, 5.41) is 0. The Balaban J connectivity index is 1.71. The van der Waals surface area contributed by atoms with E-state index in [4.69, 9.17) is 0 Å². The maximum absolute atomic E-state index is 13.6. The van der Waals surface area contributed by atoms with Gasteiger partial charge in [0.25, 0.3) is 0 Å². The van der Waals surface area contributed by atoms with Crippen molar-refractivity contribution in [2.45, 2.75) is 11.8 Å². The molecule has 0 atom stereocenters. The van der Waals surface area contributed by atoms with Gasteiger partial charge in [0.1, 0.15) is 11.6 Å². The molecule has 4 aromatic rings. The van der Waals surface area contributed by atoms with E-state index in [1.165, 1.54) is 19.2 Å². The van der Waals surface area contributed by atoms with Crippen molar-refractivity contribution < 1.29 is 12.8 Å². The second-order valence-electron chi connectivity index (χ2n) is 6.95. The second-order valence-corrected chi connectivity index (χ2v) is 8.81. The van der Waals surface area contributed by atoms with E-state index in [0.717, 1.165) is 27.7 Å². The molecular formula is C23H20FN3O2S. The molecule has 7 heteroatoms. The summed E-state index contributed by atoms with van der Waals surface area (Å²) in [6.45, 7) is 1.84. The summed E-state index contributed by atoms with van der Waals surface area (Å²) >= 11 is 0. The van der Waals surface area contributed by atoms with Crippen molar-refractivity contribution in [3.05, 3.63) is 83.4 Å². The Kier molecular flexibility index (Phi) is 5.24. The van der Waals surface area contributed by atoms with E-state index in [-0.39, 0.29) is 10.7 Å². The van der Waals surface area contributed by atoms with Crippen LogP contribution in [0, 0.1) is 12.7 Å². The molecule has 0 aliphatic carbocycles. The average Bonchev–Trinajstić information content (AvgIpc) is 3.14. The van der Waals surface area contributed by atoms with Crippen LogP contribution < -0.4 is 4.72 Å². The zero-order valence-corrected chi connectivity index (χ0v) is 17.3. The molecule has 5 nitrogen and oxygen atoms in total. The highest BCUT2D eigenvalue weighted by atomic mass is 32.2. The first-order valence-electron chi connectivity index (χ1n) is 9.34. The lowest BCUT2D eigenvalue weighted by molar-refractivity contribution is 0.588. The lowest BCUT2D eigenvalue weighted by atomic mass is 10.1. The minimum atomic E-state index is -3.59. The quantitative estimate of drug-likeness (QED) is 0.488. The number of aryl methyl sites for hydroxylation is 1. The maximum Gasteiger partial charge on any atom is 0.240 e. The molecule has 0 aliphatic heterocycles. The van der Waals surface area contributed by atoms with Crippen LogP contribution in [0.25, 0.3) is 34.3 Å². The number of aromatic nitrogens is 2. The molecule has 0 saturated heterocycles. The minimum Gasteiger partial charge on any atom is -0.338 e. The van der Waals surface area contributed by atoms with Crippen LogP contribution in [0.15, 0.2) is 65.6 Å². The fraction of sp³-hybridized carbons (Fsp3) is 0.0870. The molecule has 0 bridgehead atoms. The number of H-pyrrole nitrogens is 1. The van der Waals surface area contributed by atoms with Gasteiger partial charge in [-0.3, -0.25) is 0 Å². The van der Waals surface area contributed by atoms with Crippen LogP contribution in [0.1, 0.15) is 17.0 Å². The number of rotatable bonds is 5. The number of halogens is 1. The summed E-state index contributed by atoms with van der Waals surface area (Å²) < 4.78 is 40.7. The Morgan fingerprint density at radius 2 is 1.83 bits per heavy atom. The molecule has 0 aliphatic rings. The lowest BCUT2D eigenvalue weighted by Gasteiger charge is -2.09. The molecule has 4 rings (SSSR count). The smallest absolute Gasteiger partial charge is 0.240 e. The Bertz CT molecular complexity index is 1350. The van der Waals surface area contributed by atoms with Crippen molar-refractivity contribution in [1.29, 1.82) is 0 Å². The molecule has 0 unspecified atom stereocenters. The molecule has 3 aromatic carbocycles. The molecule has 0 amide bonds. The highest BCUT2D eigenvalue weighted by molar-refractivity contribution is 7.89. The SMILES string of the molecule is CNS(=O)(=O)c1ccccc1-c1ccc2nc(/C=C/c3cc(C)cc(F)c3)[nH]c2c1. The number of nitrogens with zero attached hydrogens (tertiary/aromatic N) is 1. The van der Waals surface area contributed by atoms with E-state index >= 15 is 0 Å². The number of sulfonamides is 1. The van der Waals surface area contributed by atoms with Crippen molar-refractivity contribution in [2.75, 3.05) is 7.05 Å². The highest BCUT2D eigenvalue weighted by Crippen LogP contribution is 2.29. The normalized spacial score (nSPS) is 12.1. The highest BCUT2D eigenvalue weighted by Gasteiger charge is 2.17. The van der Waals surface area contributed by atoms with Gasteiger partial charge in [0.05, 0.1) is 15.9 Å². The van der Waals surface area contributed by atoms with Gasteiger partial charge in [0, 0.05) is 5.56 Å². The zero-order chi connectivity index (χ0) is 21.3. The first kappa shape index (κ1) is 20.0. The monoisotopic (exact) mass is 421 g/mol. The summed E-state index contributed by atoms with van der Waals surface area (Å²) in [4.78, 5) is 7.96. The van der Waals surface area contributed by atoms with Gasteiger partial charge in [-0.05, 0) is 67.1 Å². The first-order chi connectivity index (χ1) is 14.4. The van der Waals surface area contributed by atoms with Gasteiger partial charge in [-0.15, -0.1) is 0 Å². The Labute approximate surface area is 174 Å². The Morgan fingerprint density at radius 3 is 2.60 bits per heavy atom. The minimum absolute atomic E-state index is 0.216. The van der Waals surface area contributed by atoms with Crippen LogP contribution in [0.3, 0.4) is 0 Å². The molecule has 30 heavy (non-hydrogen) atoms. The fourth-order valence-corrected chi connectivity index (χ4v) is 4.31. The number of aromatic amines is 1. The van der Waals surface area contributed by atoms with Crippen LogP contribution in [-0.4, -0.2) is 25.4 Å². The number of hydrogen-bond donors (Lipinski definition) is 2. The van der Waals surface area contributed by atoms with Gasteiger partial charge in [0.15, 0.2) is 0 Å². The van der Waals surface area contributed by atoms with Crippen molar-refractivity contribution in [3.63, 3.8) is 0 Å². The van der Waals surface area contributed by atoms with Gasteiger partial charge in [0.2, 0.25) is 10.0 Å². The molecule has 0 radical (unpaired) electrons. The second kappa shape index (κ2) is 7.85. The summed E-state index contributed by atoms with van der Waals surface area (Å²) in [6, 6.07) is 17.2. The number of benzene rings is 3.